The predicted molar refractivity (Wildman–Crippen MR) is 180 cm³/mol. The van der Waals surface area contributed by atoms with E-state index in [1.165, 1.54) is 25.3 Å². The Morgan fingerprint density at radius 1 is 1.02 bits per heavy atom. The van der Waals surface area contributed by atoms with Crippen molar-refractivity contribution in [1.82, 2.24) is 19.4 Å². The summed E-state index contributed by atoms with van der Waals surface area (Å²) in [6, 6.07) is 14.9. The minimum absolute atomic E-state index is 0.143. The zero-order valence-electron chi connectivity index (χ0n) is 26.8. The lowest BCUT2D eigenvalue weighted by Crippen LogP contribution is -2.53. The molecule has 4 fully saturated rings. The van der Waals surface area contributed by atoms with Gasteiger partial charge in [0.25, 0.3) is 5.56 Å². The summed E-state index contributed by atoms with van der Waals surface area (Å²) in [5, 5.41) is 4.18. The molecule has 2 bridgehead atoms. The molecule has 4 aromatic rings. The van der Waals surface area contributed by atoms with Crippen LogP contribution in [0.15, 0.2) is 77.0 Å². The van der Waals surface area contributed by atoms with Gasteiger partial charge in [0.05, 0.1) is 30.4 Å². The lowest BCUT2D eigenvalue weighted by Gasteiger charge is -2.54. The van der Waals surface area contributed by atoms with Crippen LogP contribution in [-0.2, 0) is 13.0 Å². The topological polar surface area (TPSA) is 87.9 Å². The van der Waals surface area contributed by atoms with Crippen LogP contribution in [0.1, 0.15) is 32.3 Å². The maximum absolute atomic E-state index is 14.5. The van der Waals surface area contributed by atoms with Crippen LogP contribution < -0.4 is 20.5 Å². The number of methoxy groups -OCH3 is 1. The molecule has 0 amide bonds. The number of pyridine rings is 1. The third kappa shape index (κ3) is 5.92. The second-order valence-electron chi connectivity index (χ2n) is 13.1. The number of aliphatic imine (C=N–C) groups is 1. The second-order valence-corrected chi connectivity index (χ2v) is 13.1. The fourth-order valence-corrected chi connectivity index (χ4v) is 7.62. The van der Waals surface area contributed by atoms with Gasteiger partial charge in [-0.15, -0.1) is 0 Å². The summed E-state index contributed by atoms with van der Waals surface area (Å²) >= 11 is 0. The summed E-state index contributed by atoms with van der Waals surface area (Å²) in [5.41, 5.74) is 3.05. The first-order valence-corrected chi connectivity index (χ1v) is 16.4. The van der Waals surface area contributed by atoms with E-state index in [2.05, 4.69) is 51.1 Å². The van der Waals surface area contributed by atoms with Gasteiger partial charge < -0.3 is 19.9 Å². The van der Waals surface area contributed by atoms with Gasteiger partial charge in [0.1, 0.15) is 11.6 Å². The maximum Gasteiger partial charge on any atom is 0.261 e. The summed E-state index contributed by atoms with van der Waals surface area (Å²) in [6.45, 7) is 8.60. The lowest BCUT2D eigenvalue weighted by atomic mass is 9.52. The van der Waals surface area contributed by atoms with Gasteiger partial charge in [0.15, 0.2) is 5.96 Å². The standard InChI is InChI=1S/C36H42FN7O2/c1-23-26-18-31(23)24(2)33(19-26)41-36(43-16-14-42(15-17-43)28-8-11-38-12-9-28)40-27-5-7-30-34(20-27)39-22-44(35(30)45)13-10-25-4-6-29(46-3)21-32(25)37/h4-9,11-12,20-24,26,31,33H,10,13-19H2,1-3H3,(H,40,41). The Labute approximate surface area is 269 Å². The molecule has 4 aliphatic rings. The number of benzene rings is 2. The molecule has 0 radical (unpaired) electrons. The van der Waals surface area contributed by atoms with Gasteiger partial charge >= 0.3 is 0 Å². The molecular weight excluding hydrogens is 581 g/mol. The Balaban J connectivity index is 1.10. The number of guanidine groups is 1. The Kier molecular flexibility index (Phi) is 8.36. The van der Waals surface area contributed by atoms with E-state index < -0.39 is 0 Å². The number of nitrogens with zero attached hydrogens (tertiary/aromatic N) is 6. The number of piperazine rings is 1. The number of ether oxygens (including phenoxy) is 1. The predicted octanol–water partition coefficient (Wildman–Crippen LogP) is 5.45. The molecule has 240 valence electrons. The third-order valence-corrected chi connectivity index (χ3v) is 10.7. The van der Waals surface area contributed by atoms with Crippen LogP contribution in [0.3, 0.4) is 0 Å². The Hall–Kier alpha value is -4.47. The fraction of sp³-hybridized carbons (Fsp3) is 0.444. The van der Waals surface area contributed by atoms with E-state index in [1.807, 2.05) is 30.6 Å². The molecule has 3 saturated carbocycles. The first-order chi connectivity index (χ1) is 22.4. The molecule has 1 aliphatic heterocycles. The van der Waals surface area contributed by atoms with Crippen LogP contribution in [0.25, 0.3) is 10.9 Å². The quantitative estimate of drug-likeness (QED) is 0.216. The van der Waals surface area contributed by atoms with Crippen molar-refractivity contribution in [1.29, 1.82) is 0 Å². The number of rotatable bonds is 7. The van der Waals surface area contributed by atoms with Gasteiger partial charge in [-0.3, -0.25) is 14.3 Å². The average Bonchev–Trinajstić information content (AvgIpc) is 3.09. The Morgan fingerprint density at radius 3 is 2.54 bits per heavy atom. The highest BCUT2D eigenvalue weighted by Crippen LogP contribution is 2.54. The van der Waals surface area contributed by atoms with Crippen molar-refractivity contribution in [3.8, 4) is 5.75 Å². The van der Waals surface area contributed by atoms with Crippen LogP contribution >= 0.6 is 0 Å². The molecule has 46 heavy (non-hydrogen) atoms. The van der Waals surface area contributed by atoms with Crippen molar-refractivity contribution < 1.29 is 9.13 Å². The van der Waals surface area contributed by atoms with Gasteiger partial charge in [0.2, 0.25) is 0 Å². The highest BCUT2D eigenvalue weighted by atomic mass is 19.1. The molecule has 3 aliphatic carbocycles. The van der Waals surface area contributed by atoms with E-state index in [4.69, 9.17) is 9.73 Å². The smallest absolute Gasteiger partial charge is 0.261 e. The zero-order chi connectivity index (χ0) is 31.8. The molecule has 10 heteroatoms. The van der Waals surface area contributed by atoms with E-state index in [0.717, 1.165) is 62.0 Å². The van der Waals surface area contributed by atoms with Crippen molar-refractivity contribution >= 4 is 28.2 Å². The summed E-state index contributed by atoms with van der Waals surface area (Å²) in [5.74, 6) is 3.90. The number of hydrogen-bond donors (Lipinski definition) is 1. The molecule has 2 aromatic carbocycles. The van der Waals surface area contributed by atoms with Gasteiger partial charge in [-0.2, -0.15) is 0 Å². The summed E-state index contributed by atoms with van der Waals surface area (Å²) in [4.78, 5) is 32.3. The van der Waals surface area contributed by atoms with Crippen molar-refractivity contribution in [3.05, 3.63) is 89.0 Å². The fourth-order valence-electron chi connectivity index (χ4n) is 7.62. The van der Waals surface area contributed by atoms with Crippen LogP contribution in [0.4, 0.5) is 15.8 Å². The van der Waals surface area contributed by atoms with E-state index in [1.54, 1.807) is 23.0 Å². The highest BCUT2D eigenvalue weighted by Gasteiger charge is 2.49. The minimum atomic E-state index is -0.345. The molecule has 8 rings (SSSR count). The number of nitrogens with one attached hydrogen (secondary N) is 1. The third-order valence-electron chi connectivity index (χ3n) is 10.7. The summed E-state index contributed by atoms with van der Waals surface area (Å²) in [7, 11) is 1.51. The largest absolute Gasteiger partial charge is 0.497 e. The Bertz CT molecular complexity index is 1790. The monoisotopic (exact) mass is 623 g/mol. The molecule has 9 nitrogen and oxygen atoms in total. The van der Waals surface area contributed by atoms with Crippen LogP contribution in [0.2, 0.25) is 0 Å². The molecule has 5 atom stereocenters. The molecule has 3 heterocycles. The summed E-state index contributed by atoms with van der Waals surface area (Å²) in [6.07, 6.45) is 8.09. The van der Waals surface area contributed by atoms with Crippen LogP contribution in [0.5, 0.6) is 5.75 Å². The van der Waals surface area contributed by atoms with Crippen LogP contribution in [-0.4, -0.2) is 64.7 Å². The van der Waals surface area contributed by atoms with E-state index in [-0.39, 0.29) is 11.4 Å². The second kappa shape index (κ2) is 12.7. The van der Waals surface area contributed by atoms with Gasteiger partial charge in [-0.05, 0) is 84.9 Å². The molecular formula is C36H42FN7O2. The molecule has 1 saturated heterocycles. The minimum Gasteiger partial charge on any atom is -0.497 e. The van der Waals surface area contributed by atoms with E-state index in [9.17, 15) is 9.18 Å². The van der Waals surface area contributed by atoms with E-state index >= 15 is 0 Å². The number of hydrogen-bond acceptors (Lipinski definition) is 6. The van der Waals surface area contributed by atoms with Crippen molar-refractivity contribution in [2.45, 2.75) is 45.7 Å². The molecule has 2 aromatic heterocycles. The average molecular weight is 624 g/mol. The van der Waals surface area contributed by atoms with Gasteiger partial charge in [0, 0.05) is 62.6 Å². The maximum atomic E-state index is 14.5. The number of halogens is 1. The number of aromatic nitrogens is 3. The van der Waals surface area contributed by atoms with Crippen molar-refractivity contribution in [3.63, 3.8) is 0 Å². The SMILES string of the molecule is COc1ccc(CCn2cnc3cc(NC(=NC4CC5CC(C5C)C4C)N4CCN(c5ccncc5)CC4)ccc3c2=O)c(F)c1. The van der Waals surface area contributed by atoms with Crippen molar-refractivity contribution in [2.24, 2.45) is 28.7 Å². The molecule has 1 N–H and O–H groups in total. The van der Waals surface area contributed by atoms with Gasteiger partial charge in [-0.1, -0.05) is 19.9 Å². The first kappa shape index (κ1) is 30.2. The van der Waals surface area contributed by atoms with Crippen LogP contribution in [0, 0.1) is 29.5 Å². The highest BCUT2D eigenvalue weighted by molar-refractivity contribution is 5.96. The molecule has 5 unspecified atom stereocenters. The zero-order valence-corrected chi connectivity index (χ0v) is 26.8. The number of fused-ring (bicyclic) bond motifs is 3. The summed E-state index contributed by atoms with van der Waals surface area (Å²) < 4.78 is 21.1. The number of aryl methyl sites for hydroxylation is 2. The Morgan fingerprint density at radius 2 is 1.83 bits per heavy atom. The van der Waals surface area contributed by atoms with Gasteiger partial charge in [-0.25, -0.2) is 14.4 Å². The lowest BCUT2D eigenvalue weighted by molar-refractivity contribution is -0.0288. The van der Waals surface area contributed by atoms with Crippen molar-refractivity contribution in [2.75, 3.05) is 43.5 Å². The molecule has 0 spiro atoms. The number of anilines is 2. The van der Waals surface area contributed by atoms with E-state index in [0.29, 0.717) is 47.1 Å². The normalized spacial score (nSPS) is 24.5. The first-order valence-electron chi connectivity index (χ1n) is 16.4.